The van der Waals surface area contributed by atoms with Crippen molar-refractivity contribution >= 4 is 54.8 Å². The van der Waals surface area contributed by atoms with E-state index in [0.29, 0.717) is 11.1 Å². The molecular formula is C21H15N7S2. The number of nitrogens with zero attached hydrogens (tertiary/aromatic N) is 3. The molecule has 0 aliphatic heterocycles. The van der Waals surface area contributed by atoms with Crippen LogP contribution in [0.5, 0.6) is 0 Å². The molecule has 0 atom stereocenters. The average molecular weight is 430 g/mol. The standard InChI is InChI=1S/C21H15N7S2/c22-18(23)10-1-3-13-16(8-10)29-20(27-13)12-5-6-26-15(7-12)21-28-14-4-2-11(19(24)25)9-17(14)30-21/h1-9H,(H3,22,23)(H3,24,25). The van der Waals surface area contributed by atoms with Gasteiger partial charge in [0.1, 0.15) is 21.7 Å². The highest BCUT2D eigenvalue weighted by Crippen LogP contribution is 2.34. The van der Waals surface area contributed by atoms with Gasteiger partial charge in [0.15, 0.2) is 0 Å². The monoisotopic (exact) mass is 429 g/mol. The average Bonchev–Trinajstić information content (AvgIpc) is 3.36. The Hall–Kier alpha value is -3.69. The van der Waals surface area contributed by atoms with Crippen LogP contribution in [0, 0.1) is 10.8 Å². The minimum atomic E-state index is 0.0377. The summed E-state index contributed by atoms with van der Waals surface area (Å²) in [6.07, 6.45) is 1.75. The van der Waals surface area contributed by atoms with Crippen molar-refractivity contribution in [1.82, 2.24) is 15.0 Å². The van der Waals surface area contributed by atoms with Crippen LogP contribution >= 0.6 is 22.7 Å². The van der Waals surface area contributed by atoms with Gasteiger partial charge in [-0.25, -0.2) is 9.97 Å². The molecule has 0 amide bonds. The van der Waals surface area contributed by atoms with Crippen LogP contribution in [0.25, 0.3) is 41.7 Å². The number of thiazole rings is 2. The SMILES string of the molecule is N=C(N)c1ccc2nc(-c3ccnc(-c4nc5ccc(C(=N)N)cc5s4)c3)sc2c1. The first-order valence-corrected chi connectivity index (χ1v) is 10.6. The van der Waals surface area contributed by atoms with E-state index in [2.05, 4.69) is 9.97 Å². The lowest BCUT2D eigenvalue weighted by Gasteiger charge is -1.99. The topological polar surface area (TPSA) is 138 Å². The molecule has 30 heavy (non-hydrogen) atoms. The van der Waals surface area contributed by atoms with Crippen molar-refractivity contribution in [2.24, 2.45) is 11.5 Å². The summed E-state index contributed by atoms with van der Waals surface area (Å²) in [7, 11) is 0. The molecule has 0 bridgehead atoms. The van der Waals surface area contributed by atoms with Crippen molar-refractivity contribution in [3.05, 3.63) is 65.9 Å². The van der Waals surface area contributed by atoms with Gasteiger partial charge >= 0.3 is 0 Å². The van der Waals surface area contributed by atoms with Gasteiger partial charge in [0.25, 0.3) is 0 Å². The van der Waals surface area contributed by atoms with E-state index in [9.17, 15) is 0 Å². The van der Waals surface area contributed by atoms with Gasteiger partial charge in [-0.1, -0.05) is 0 Å². The van der Waals surface area contributed by atoms with Gasteiger partial charge in [0, 0.05) is 22.9 Å². The van der Waals surface area contributed by atoms with Gasteiger partial charge in [-0.15, -0.1) is 22.7 Å². The smallest absolute Gasteiger partial charge is 0.143 e. The molecule has 3 heterocycles. The summed E-state index contributed by atoms with van der Waals surface area (Å²) in [5, 5.41) is 16.9. The summed E-state index contributed by atoms with van der Waals surface area (Å²) < 4.78 is 1.94. The number of nitrogen functional groups attached to an aromatic ring is 2. The fourth-order valence-corrected chi connectivity index (χ4v) is 5.07. The number of amidine groups is 2. The number of nitrogens with one attached hydrogen (secondary N) is 2. The number of pyridine rings is 1. The van der Waals surface area contributed by atoms with Crippen molar-refractivity contribution in [3.8, 4) is 21.3 Å². The van der Waals surface area contributed by atoms with Crippen LogP contribution in [0.2, 0.25) is 0 Å². The first-order valence-electron chi connectivity index (χ1n) is 8.95. The van der Waals surface area contributed by atoms with Crippen LogP contribution < -0.4 is 11.5 Å². The zero-order valence-corrected chi connectivity index (χ0v) is 17.1. The zero-order valence-electron chi connectivity index (χ0n) is 15.5. The lowest BCUT2D eigenvalue weighted by atomic mass is 10.2. The molecule has 0 saturated heterocycles. The Morgan fingerprint density at radius 2 is 1.30 bits per heavy atom. The second kappa shape index (κ2) is 6.97. The lowest BCUT2D eigenvalue weighted by Crippen LogP contribution is -2.10. The van der Waals surface area contributed by atoms with Gasteiger partial charge < -0.3 is 11.5 Å². The van der Waals surface area contributed by atoms with Crippen LogP contribution in [-0.2, 0) is 0 Å². The molecule has 0 aliphatic rings. The van der Waals surface area contributed by atoms with E-state index >= 15 is 0 Å². The summed E-state index contributed by atoms with van der Waals surface area (Å²) in [4.78, 5) is 13.9. The van der Waals surface area contributed by atoms with Crippen LogP contribution in [-0.4, -0.2) is 26.6 Å². The van der Waals surface area contributed by atoms with E-state index in [1.807, 2.05) is 42.5 Å². The van der Waals surface area contributed by atoms with Crippen molar-refractivity contribution < 1.29 is 0 Å². The highest BCUT2D eigenvalue weighted by Gasteiger charge is 2.13. The van der Waals surface area contributed by atoms with Crippen molar-refractivity contribution in [1.29, 1.82) is 10.8 Å². The number of nitrogens with two attached hydrogens (primary N) is 2. The molecule has 5 rings (SSSR count). The molecule has 0 radical (unpaired) electrons. The Morgan fingerprint density at radius 3 is 1.90 bits per heavy atom. The number of fused-ring (bicyclic) bond motifs is 2. The molecule has 0 unspecified atom stereocenters. The molecule has 0 aliphatic carbocycles. The lowest BCUT2D eigenvalue weighted by molar-refractivity contribution is 1.30. The Labute approximate surface area is 179 Å². The highest BCUT2D eigenvalue weighted by molar-refractivity contribution is 7.22. The molecule has 2 aromatic carbocycles. The molecular weight excluding hydrogens is 414 g/mol. The van der Waals surface area contributed by atoms with Crippen LogP contribution in [0.1, 0.15) is 11.1 Å². The quantitative estimate of drug-likeness (QED) is 0.250. The Morgan fingerprint density at radius 1 is 0.733 bits per heavy atom. The van der Waals surface area contributed by atoms with Crippen LogP contribution in [0.4, 0.5) is 0 Å². The predicted octanol–water partition coefficient (Wildman–Crippen LogP) is 4.20. The fourth-order valence-electron chi connectivity index (χ4n) is 3.10. The zero-order chi connectivity index (χ0) is 20.8. The van der Waals surface area contributed by atoms with Crippen molar-refractivity contribution in [3.63, 3.8) is 0 Å². The number of rotatable bonds is 4. The summed E-state index contributed by atoms with van der Waals surface area (Å²) >= 11 is 3.07. The first kappa shape index (κ1) is 18.3. The minimum Gasteiger partial charge on any atom is -0.384 e. The molecule has 0 fully saturated rings. The number of hydrogen-bond donors (Lipinski definition) is 4. The molecule has 6 N–H and O–H groups in total. The maximum absolute atomic E-state index is 7.62. The van der Waals surface area contributed by atoms with Crippen molar-refractivity contribution in [2.45, 2.75) is 0 Å². The molecule has 9 heteroatoms. The Kier molecular flexibility index (Phi) is 4.27. The fraction of sp³-hybridized carbons (Fsp3) is 0. The Bertz CT molecular complexity index is 1360. The third-order valence-electron chi connectivity index (χ3n) is 4.62. The van der Waals surface area contributed by atoms with E-state index in [0.717, 1.165) is 41.7 Å². The van der Waals surface area contributed by atoms with E-state index < -0.39 is 0 Å². The van der Waals surface area contributed by atoms with E-state index in [1.54, 1.807) is 23.6 Å². The van der Waals surface area contributed by atoms with Gasteiger partial charge in [-0.2, -0.15) is 0 Å². The maximum atomic E-state index is 7.62. The molecule has 5 aromatic rings. The van der Waals surface area contributed by atoms with E-state index in [-0.39, 0.29) is 11.7 Å². The highest BCUT2D eigenvalue weighted by atomic mass is 32.1. The first-order chi connectivity index (χ1) is 14.5. The normalized spacial score (nSPS) is 11.2. The second-order valence-electron chi connectivity index (χ2n) is 6.66. The predicted molar refractivity (Wildman–Crippen MR) is 123 cm³/mol. The number of benzene rings is 2. The Balaban J connectivity index is 1.55. The van der Waals surface area contributed by atoms with E-state index in [4.69, 9.17) is 27.3 Å². The molecule has 3 aromatic heterocycles. The minimum absolute atomic E-state index is 0.0377. The molecule has 0 saturated carbocycles. The molecule has 0 spiro atoms. The third-order valence-corrected chi connectivity index (χ3v) is 6.73. The van der Waals surface area contributed by atoms with Crippen LogP contribution in [0.15, 0.2) is 54.7 Å². The van der Waals surface area contributed by atoms with Crippen molar-refractivity contribution in [2.75, 3.05) is 0 Å². The summed E-state index contributed by atoms with van der Waals surface area (Å²) in [5.41, 5.74) is 16.0. The van der Waals surface area contributed by atoms with Gasteiger partial charge in [-0.05, 0) is 48.5 Å². The molecule has 7 nitrogen and oxygen atoms in total. The van der Waals surface area contributed by atoms with Gasteiger partial charge in [0.05, 0.1) is 26.1 Å². The largest absolute Gasteiger partial charge is 0.384 e. The second-order valence-corrected chi connectivity index (χ2v) is 8.72. The van der Waals surface area contributed by atoms with Gasteiger partial charge in [0.2, 0.25) is 0 Å². The van der Waals surface area contributed by atoms with Gasteiger partial charge in [-0.3, -0.25) is 15.8 Å². The van der Waals surface area contributed by atoms with E-state index in [1.165, 1.54) is 11.3 Å². The third kappa shape index (κ3) is 3.19. The number of hydrogen-bond acceptors (Lipinski definition) is 7. The summed E-state index contributed by atoms with van der Waals surface area (Å²) in [6, 6.07) is 15.0. The number of aromatic nitrogens is 3. The summed E-state index contributed by atoms with van der Waals surface area (Å²) in [5.74, 6) is 0.0811. The van der Waals surface area contributed by atoms with Crippen LogP contribution in [0.3, 0.4) is 0 Å². The summed E-state index contributed by atoms with van der Waals surface area (Å²) in [6.45, 7) is 0. The maximum Gasteiger partial charge on any atom is 0.143 e. The molecule has 146 valence electrons.